The molecule has 0 radical (unpaired) electrons. The summed E-state index contributed by atoms with van der Waals surface area (Å²) in [6.45, 7) is 6.25. The maximum absolute atomic E-state index is 12.4. The second-order valence-corrected chi connectivity index (χ2v) is 5.12. The minimum absolute atomic E-state index is 0.00264. The number of carbonyl (C=O) groups excluding carboxylic acids is 1. The van der Waals surface area contributed by atoms with Crippen LogP contribution in [0.25, 0.3) is 5.69 Å². The van der Waals surface area contributed by atoms with E-state index < -0.39 is 0 Å². The summed E-state index contributed by atoms with van der Waals surface area (Å²) in [5, 5.41) is 12.1. The van der Waals surface area contributed by atoms with Crippen LogP contribution < -0.4 is 10.1 Å². The molecule has 2 rings (SSSR count). The van der Waals surface area contributed by atoms with Crippen molar-refractivity contribution in [2.24, 2.45) is 0 Å². The van der Waals surface area contributed by atoms with Crippen LogP contribution in [0.4, 0.5) is 0 Å². The van der Waals surface area contributed by atoms with Crippen molar-refractivity contribution < 1.29 is 9.53 Å². The Hall–Kier alpha value is -2.74. The molecule has 0 aliphatic heterocycles. The standard InChI is InChI=1S/C17H19N3O2/c1-4-22-15-7-5-6-14(10-15)20-9-8-13(11-18)16(20)17(21)19-12(2)3/h5-10,12H,4H2,1-3H3,(H,19,21). The van der Waals surface area contributed by atoms with E-state index >= 15 is 0 Å². The van der Waals surface area contributed by atoms with Crippen LogP contribution in [0.3, 0.4) is 0 Å². The maximum atomic E-state index is 12.4. The Balaban J connectivity index is 2.48. The fraction of sp³-hybridized carbons (Fsp3) is 0.294. The van der Waals surface area contributed by atoms with Crippen LogP contribution in [0.5, 0.6) is 5.75 Å². The van der Waals surface area contributed by atoms with Crippen LogP contribution in [0.2, 0.25) is 0 Å². The molecular formula is C17H19N3O2. The molecule has 0 aliphatic carbocycles. The van der Waals surface area contributed by atoms with Crippen LogP contribution in [0, 0.1) is 11.3 Å². The molecule has 0 aliphatic rings. The number of nitrogens with one attached hydrogen (secondary N) is 1. The summed E-state index contributed by atoms with van der Waals surface area (Å²) in [4.78, 5) is 12.4. The lowest BCUT2D eigenvalue weighted by atomic mass is 10.2. The molecule has 1 aromatic heterocycles. The summed E-state index contributed by atoms with van der Waals surface area (Å²) < 4.78 is 7.19. The lowest BCUT2D eigenvalue weighted by molar-refractivity contribution is 0.0936. The fourth-order valence-electron chi connectivity index (χ4n) is 2.19. The van der Waals surface area contributed by atoms with E-state index in [0.29, 0.717) is 17.9 Å². The molecule has 0 unspecified atom stereocenters. The molecule has 0 saturated carbocycles. The van der Waals surface area contributed by atoms with Crippen molar-refractivity contribution in [3.8, 4) is 17.5 Å². The average Bonchev–Trinajstić information content (AvgIpc) is 2.91. The summed E-state index contributed by atoms with van der Waals surface area (Å²) >= 11 is 0. The van der Waals surface area contributed by atoms with Gasteiger partial charge in [-0.3, -0.25) is 4.79 Å². The number of benzene rings is 1. The number of nitrogens with zero attached hydrogens (tertiary/aromatic N) is 2. The zero-order valence-corrected chi connectivity index (χ0v) is 13.0. The number of hydrogen-bond donors (Lipinski definition) is 1. The van der Waals surface area contributed by atoms with Crippen molar-refractivity contribution in [2.75, 3.05) is 6.61 Å². The highest BCUT2D eigenvalue weighted by atomic mass is 16.5. The SMILES string of the molecule is CCOc1cccc(-n2ccc(C#N)c2C(=O)NC(C)C)c1. The van der Waals surface area contributed by atoms with Gasteiger partial charge in [0.2, 0.25) is 0 Å². The van der Waals surface area contributed by atoms with E-state index in [1.807, 2.05) is 45.0 Å². The maximum Gasteiger partial charge on any atom is 0.269 e. The third kappa shape index (κ3) is 3.29. The predicted molar refractivity (Wildman–Crippen MR) is 84.3 cm³/mol. The zero-order valence-electron chi connectivity index (χ0n) is 13.0. The van der Waals surface area contributed by atoms with E-state index in [1.54, 1.807) is 16.8 Å². The number of aromatic nitrogens is 1. The topological polar surface area (TPSA) is 67.0 Å². The minimum Gasteiger partial charge on any atom is -0.494 e. The van der Waals surface area contributed by atoms with Crippen LogP contribution in [0.1, 0.15) is 36.8 Å². The van der Waals surface area contributed by atoms with Gasteiger partial charge in [0.05, 0.1) is 12.2 Å². The zero-order chi connectivity index (χ0) is 16.1. The normalized spacial score (nSPS) is 10.3. The summed E-state index contributed by atoms with van der Waals surface area (Å²) in [5.41, 5.74) is 1.46. The third-order valence-corrected chi connectivity index (χ3v) is 3.05. The summed E-state index contributed by atoms with van der Waals surface area (Å²) in [6.07, 6.45) is 1.72. The fourth-order valence-corrected chi connectivity index (χ4v) is 2.19. The molecule has 0 bridgehead atoms. The van der Waals surface area contributed by atoms with E-state index in [-0.39, 0.29) is 11.9 Å². The number of nitriles is 1. The molecule has 1 aromatic carbocycles. The molecule has 0 fully saturated rings. The van der Waals surface area contributed by atoms with Crippen molar-refractivity contribution in [2.45, 2.75) is 26.8 Å². The summed E-state index contributed by atoms with van der Waals surface area (Å²) in [6, 6.07) is 11.1. The Bertz CT molecular complexity index is 711. The van der Waals surface area contributed by atoms with Gasteiger partial charge in [-0.15, -0.1) is 0 Å². The monoisotopic (exact) mass is 297 g/mol. The molecule has 1 heterocycles. The number of ether oxygens (including phenoxy) is 1. The first-order chi connectivity index (χ1) is 10.6. The molecule has 0 spiro atoms. The van der Waals surface area contributed by atoms with Gasteiger partial charge in [0, 0.05) is 24.0 Å². The molecule has 2 aromatic rings. The molecule has 1 N–H and O–H groups in total. The van der Waals surface area contributed by atoms with E-state index in [2.05, 4.69) is 11.4 Å². The minimum atomic E-state index is -0.265. The highest BCUT2D eigenvalue weighted by Gasteiger charge is 2.19. The largest absolute Gasteiger partial charge is 0.494 e. The molecule has 22 heavy (non-hydrogen) atoms. The third-order valence-electron chi connectivity index (χ3n) is 3.05. The molecular weight excluding hydrogens is 278 g/mol. The van der Waals surface area contributed by atoms with Crippen LogP contribution >= 0.6 is 0 Å². The molecule has 5 heteroatoms. The van der Waals surface area contributed by atoms with Crippen molar-refractivity contribution in [3.05, 3.63) is 47.8 Å². The Kier molecular flexibility index (Phi) is 4.84. The number of carbonyl (C=O) groups is 1. The second kappa shape index (κ2) is 6.81. The number of amides is 1. The van der Waals surface area contributed by atoms with E-state index in [4.69, 9.17) is 4.74 Å². The average molecular weight is 297 g/mol. The molecule has 0 saturated heterocycles. The Morgan fingerprint density at radius 1 is 1.41 bits per heavy atom. The first-order valence-corrected chi connectivity index (χ1v) is 7.22. The van der Waals surface area contributed by atoms with E-state index in [0.717, 1.165) is 11.4 Å². The first kappa shape index (κ1) is 15.6. The van der Waals surface area contributed by atoms with Crippen molar-refractivity contribution in [1.82, 2.24) is 9.88 Å². The number of rotatable bonds is 5. The van der Waals surface area contributed by atoms with E-state index in [1.165, 1.54) is 0 Å². The van der Waals surface area contributed by atoms with Gasteiger partial charge < -0.3 is 14.6 Å². The first-order valence-electron chi connectivity index (χ1n) is 7.22. The van der Waals surface area contributed by atoms with Crippen LogP contribution in [0.15, 0.2) is 36.5 Å². The molecule has 0 atom stereocenters. The van der Waals surface area contributed by atoms with Crippen molar-refractivity contribution in [1.29, 1.82) is 5.26 Å². The van der Waals surface area contributed by atoms with Gasteiger partial charge in [-0.05, 0) is 39.0 Å². The quantitative estimate of drug-likeness (QED) is 0.922. The summed E-state index contributed by atoms with van der Waals surface area (Å²) in [5.74, 6) is 0.459. The van der Waals surface area contributed by atoms with Gasteiger partial charge in [0.15, 0.2) is 0 Å². The Morgan fingerprint density at radius 3 is 2.82 bits per heavy atom. The second-order valence-electron chi connectivity index (χ2n) is 5.12. The highest BCUT2D eigenvalue weighted by molar-refractivity contribution is 5.96. The van der Waals surface area contributed by atoms with Gasteiger partial charge >= 0.3 is 0 Å². The molecule has 1 amide bonds. The van der Waals surface area contributed by atoms with Gasteiger partial charge in [-0.2, -0.15) is 5.26 Å². The van der Waals surface area contributed by atoms with Crippen LogP contribution in [-0.4, -0.2) is 23.1 Å². The van der Waals surface area contributed by atoms with Crippen molar-refractivity contribution >= 4 is 5.91 Å². The smallest absolute Gasteiger partial charge is 0.269 e. The van der Waals surface area contributed by atoms with Gasteiger partial charge in [-0.25, -0.2) is 0 Å². The van der Waals surface area contributed by atoms with Gasteiger partial charge in [0.1, 0.15) is 17.5 Å². The van der Waals surface area contributed by atoms with Crippen molar-refractivity contribution in [3.63, 3.8) is 0 Å². The van der Waals surface area contributed by atoms with Gasteiger partial charge in [-0.1, -0.05) is 6.07 Å². The molecule has 5 nitrogen and oxygen atoms in total. The Labute approximate surface area is 130 Å². The van der Waals surface area contributed by atoms with E-state index in [9.17, 15) is 10.1 Å². The Morgan fingerprint density at radius 2 is 2.18 bits per heavy atom. The lowest BCUT2D eigenvalue weighted by Crippen LogP contribution is -2.32. The lowest BCUT2D eigenvalue weighted by Gasteiger charge is -2.13. The predicted octanol–water partition coefficient (Wildman–Crippen LogP) is 2.89. The molecule has 114 valence electrons. The van der Waals surface area contributed by atoms with Gasteiger partial charge in [0.25, 0.3) is 5.91 Å². The highest BCUT2D eigenvalue weighted by Crippen LogP contribution is 2.21. The number of hydrogen-bond acceptors (Lipinski definition) is 3. The van der Waals surface area contributed by atoms with Crippen LogP contribution in [-0.2, 0) is 0 Å². The summed E-state index contributed by atoms with van der Waals surface area (Å²) in [7, 11) is 0.